The van der Waals surface area contributed by atoms with Crippen molar-refractivity contribution in [1.82, 2.24) is 15.0 Å². The molecule has 2 aliphatic carbocycles. The fourth-order valence-electron chi connectivity index (χ4n) is 8.91. The van der Waals surface area contributed by atoms with E-state index in [1.807, 2.05) is 42.5 Å². The third kappa shape index (κ3) is 5.99. The standard InChI is InChI=1S/C52H38N4/c1-53-44-27-29-46-45-28-26-43(33-47(45)52(48(46)34-44)30-9-4-10-31-52)42-17-11-16-41(32-42)37-20-24-40(25-21-37)51-55-49(38-14-7-3-8-15-38)54-50(56-51)39-22-18-36(19-23-39)35-12-5-2-6-13-35/h2-3,5-8,11-29,32-34H,4,9-10,30-31H2. The largest absolute Gasteiger partial charge is 0.238 e. The van der Waals surface area contributed by atoms with Crippen LogP contribution in [0.5, 0.6) is 0 Å². The first-order valence-corrected chi connectivity index (χ1v) is 19.5. The topological polar surface area (TPSA) is 43.0 Å². The van der Waals surface area contributed by atoms with Crippen LogP contribution in [0.15, 0.2) is 170 Å². The van der Waals surface area contributed by atoms with Gasteiger partial charge in [0.25, 0.3) is 0 Å². The highest BCUT2D eigenvalue weighted by Crippen LogP contribution is 2.57. The monoisotopic (exact) mass is 718 g/mol. The van der Waals surface area contributed by atoms with E-state index in [4.69, 9.17) is 21.5 Å². The van der Waals surface area contributed by atoms with Crippen LogP contribution in [0.1, 0.15) is 43.2 Å². The number of hydrogen-bond donors (Lipinski definition) is 0. The SMILES string of the molecule is [C-]#[N+]c1ccc2c(c1)C1(CCCCC1)c1cc(-c3cccc(-c4ccc(-c5nc(-c6ccccc6)nc(-c6ccc(-c7ccccc7)cc6)n5)cc4)c3)ccc1-2. The maximum atomic E-state index is 7.69. The van der Waals surface area contributed by atoms with Crippen molar-refractivity contribution < 1.29 is 0 Å². The van der Waals surface area contributed by atoms with Gasteiger partial charge >= 0.3 is 0 Å². The van der Waals surface area contributed by atoms with Crippen LogP contribution in [0.25, 0.3) is 83.5 Å². The molecule has 266 valence electrons. The van der Waals surface area contributed by atoms with Crippen molar-refractivity contribution >= 4 is 5.69 Å². The van der Waals surface area contributed by atoms with Crippen molar-refractivity contribution in [1.29, 1.82) is 0 Å². The fourth-order valence-corrected chi connectivity index (χ4v) is 8.91. The van der Waals surface area contributed by atoms with E-state index >= 15 is 0 Å². The van der Waals surface area contributed by atoms with E-state index in [1.165, 1.54) is 58.2 Å². The van der Waals surface area contributed by atoms with Crippen molar-refractivity contribution in [3.8, 4) is 78.7 Å². The van der Waals surface area contributed by atoms with Crippen LogP contribution in [0.2, 0.25) is 0 Å². The zero-order chi connectivity index (χ0) is 37.5. The molecule has 0 N–H and O–H groups in total. The van der Waals surface area contributed by atoms with Crippen LogP contribution in [-0.4, -0.2) is 15.0 Å². The van der Waals surface area contributed by atoms with Gasteiger partial charge in [0.05, 0.1) is 6.57 Å². The highest BCUT2D eigenvalue weighted by Gasteiger charge is 2.43. The smallest absolute Gasteiger partial charge is 0.187 e. The van der Waals surface area contributed by atoms with Crippen LogP contribution in [0.4, 0.5) is 5.69 Å². The summed E-state index contributed by atoms with van der Waals surface area (Å²) in [4.78, 5) is 18.7. The summed E-state index contributed by atoms with van der Waals surface area (Å²) in [5.74, 6) is 1.93. The van der Waals surface area contributed by atoms with Crippen LogP contribution in [-0.2, 0) is 5.41 Å². The Morgan fingerprint density at radius 3 is 1.38 bits per heavy atom. The van der Waals surface area contributed by atoms with Crippen molar-refractivity contribution in [3.05, 3.63) is 192 Å². The van der Waals surface area contributed by atoms with Gasteiger partial charge in [-0.1, -0.05) is 177 Å². The Bertz CT molecular complexity index is 2760. The third-order valence-electron chi connectivity index (χ3n) is 11.8. The molecule has 0 saturated heterocycles. The molecule has 1 heterocycles. The summed E-state index contributed by atoms with van der Waals surface area (Å²) in [6, 6.07) is 59.7. The lowest BCUT2D eigenvalue weighted by Gasteiger charge is -2.36. The number of rotatable bonds is 6. The predicted molar refractivity (Wildman–Crippen MR) is 228 cm³/mol. The maximum Gasteiger partial charge on any atom is 0.187 e. The van der Waals surface area contributed by atoms with Gasteiger partial charge in [-0.2, -0.15) is 0 Å². The normalized spacial score (nSPS) is 13.8. The first-order chi connectivity index (χ1) is 27.6. The molecule has 1 fully saturated rings. The summed E-state index contributed by atoms with van der Waals surface area (Å²) in [6.45, 7) is 7.69. The Kier molecular flexibility index (Phi) is 8.42. The molecule has 1 spiro atoms. The number of aromatic nitrogens is 3. The van der Waals surface area contributed by atoms with E-state index < -0.39 is 0 Å². The van der Waals surface area contributed by atoms with E-state index in [0.717, 1.165) is 51.9 Å². The van der Waals surface area contributed by atoms with Gasteiger partial charge < -0.3 is 0 Å². The van der Waals surface area contributed by atoms with Gasteiger partial charge in [-0.3, -0.25) is 0 Å². The summed E-state index contributed by atoms with van der Waals surface area (Å²) < 4.78 is 0. The highest BCUT2D eigenvalue weighted by molar-refractivity contribution is 5.86. The lowest BCUT2D eigenvalue weighted by molar-refractivity contribution is 0.353. The summed E-state index contributed by atoms with van der Waals surface area (Å²) >= 11 is 0. The molecule has 1 aromatic heterocycles. The molecule has 0 aliphatic heterocycles. The molecule has 0 amide bonds. The summed E-state index contributed by atoms with van der Waals surface area (Å²) in [7, 11) is 0. The molecule has 7 aromatic carbocycles. The molecule has 1 saturated carbocycles. The van der Waals surface area contributed by atoms with Gasteiger partial charge in [-0.05, 0) is 80.6 Å². The number of hydrogen-bond acceptors (Lipinski definition) is 3. The Labute approximate surface area is 328 Å². The van der Waals surface area contributed by atoms with Crippen LogP contribution >= 0.6 is 0 Å². The average molecular weight is 719 g/mol. The first kappa shape index (κ1) is 33.6. The van der Waals surface area contributed by atoms with Gasteiger partial charge in [0.2, 0.25) is 0 Å². The molecule has 8 aromatic rings. The summed E-state index contributed by atoms with van der Waals surface area (Å²) in [5.41, 5.74) is 16.0. The van der Waals surface area contributed by atoms with E-state index in [2.05, 4.69) is 132 Å². The van der Waals surface area contributed by atoms with Crippen molar-refractivity contribution in [2.75, 3.05) is 0 Å². The van der Waals surface area contributed by atoms with Gasteiger partial charge in [0.15, 0.2) is 23.2 Å². The lowest BCUT2D eigenvalue weighted by Crippen LogP contribution is -2.28. The molecule has 0 atom stereocenters. The number of nitrogens with zero attached hydrogens (tertiary/aromatic N) is 4. The predicted octanol–water partition coefficient (Wildman–Crippen LogP) is 13.7. The van der Waals surface area contributed by atoms with Crippen molar-refractivity contribution in [2.45, 2.75) is 37.5 Å². The summed E-state index contributed by atoms with van der Waals surface area (Å²) in [6.07, 6.45) is 6.00. The molecule has 0 radical (unpaired) electrons. The van der Waals surface area contributed by atoms with Crippen LogP contribution in [0.3, 0.4) is 0 Å². The maximum absolute atomic E-state index is 7.69. The van der Waals surface area contributed by atoms with Gasteiger partial charge in [-0.15, -0.1) is 0 Å². The molecule has 0 bridgehead atoms. The molecular weight excluding hydrogens is 681 g/mol. The minimum Gasteiger partial charge on any atom is -0.238 e. The fraction of sp³-hybridized carbons (Fsp3) is 0.115. The van der Waals surface area contributed by atoms with E-state index in [-0.39, 0.29) is 5.41 Å². The molecule has 10 rings (SSSR count). The van der Waals surface area contributed by atoms with E-state index in [1.54, 1.807) is 0 Å². The Balaban J connectivity index is 0.975. The Hall–Kier alpha value is -6.96. The van der Waals surface area contributed by atoms with Gasteiger partial charge in [0, 0.05) is 22.1 Å². The highest BCUT2D eigenvalue weighted by atomic mass is 15.0. The van der Waals surface area contributed by atoms with Gasteiger partial charge in [-0.25, -0.2) is 19.8 Å². The minimum atomic E-state index is -0.00600. The first-order valence-electron chi connectivity index (χ1n) is 19.5. The van der Waals surface area contributed by atoms with Crippen LogP contribution < -0.4 is 0 Å². The quantitative estimate of drug-likeness (QED) is 0.161. The second-order valence-corrected chi connectivity index (χ2v) is 15.0. The molecule has 0 unspecified atom stereocenters. The van der Waals surface area contributed by atoms with Gasteiger partial charge in [0.1, 0.15) is 0 Å². The van der Waals surface area contributed by atoms with E-state index in [9.17, 15) is 0 Å². The number of benzene rings is 7. The van der Waals surface area contributed by atoms with E-state index in [0.29, 0.717) is 17.5 Å². The molecule has 2 aliphatic rings. The zero-order valence-corrected chi connectivity index (χ0v) is 31.0. The molecule has 4 nitrogen and oxygen atoms in total. The second-order valence-electron chi connectivity index (χ2n) is 15.0. The lowest BCUT2D eigenvalue weighted by atomic mass is 9.67. The second kappa shape index (κ2) is 14.0. The Morgan fingerprint density at radius 1 is 0.375 bits per heavy atom. The van der Waals surface area contributed by atoms with Crippen LogP contribution in [0, 0.1) is 6.57 Å². The molecular formula is C52H38N4. The third-order valence-corrected chi connectivity index (χ3v) is 11.8. The summed E-state index contributed by atoms with van der Waals surface area (Å²) in [5, 5.41) is 0. The molecule has 4 heteroatoms. The minimum absolute atomic E-state index is 0.00600. The average Bonchev–Trinajstić information content (AvgIpc) is 3.54. The Morgan fingerprint density at radius 2 is 0.786 bits per heavy atom. The van der Waals surface area contributed by atoms with Crippen molar-refractivity contribution in [3.63, 3.8) is 0 Å². The van der Waals surface area contributed by atoms with Crippen molar-refractivity contribution in [2.24, 2.45) is 0 Å². The number of fused-ring (bicyclic) bond motifs is 5. The molecule has 56 heavy (non-hydrogen) atoms. The zero-order valence-electron chi connectivity index (χ0n) is 31.0.